The van der Waals surface area contributed by atoms with Gasteiger partial charge in [0.15, 0.2) is 5.78 Å². The van der Waals surface area contributed by atoms with Crippen LogP contribution in [0, 0.1) is 0 Å². The molecular weight excluding hydrogens is 420 g/mol. The third-order valence-corrected chi connectivity index (χ3v) is 6.23. The van der Waals surface area contributed by atoms with Gasteiger partial charge in [-0.15, -0.1) is 0 Å². The maximum atomic E-state index is 12.9. The largest absolute Gasteiger partial charge is 0.493 e. The highest BCUT2D eigenvalue weighted by atomic mass is 16.5. The van der Waals surface area contributed by atoms with Gasteiger partial charge in [-0.2, -0.15) is 0 Å². The van der Waals surface area contributed by atoms with Gasteiger partial charge in [-0.3, -0.25) is 14.4 Å². The summed E-state index contributed by atoms with van der Waals surface area (Å²) in [6, 6.07) is 10.7. The van der Waals surface area contributed by atoms with Gasteiger partial charge in [0, 0.05) is 31.5 Å². The normalized spacial score (nSPS) is 15.0. The summed E-state index contributed by atoms with van der Waals surface area (Å²) in [5, 5.41) is 2.94. The van der Waals surface area contributed by atoms with Crippen molar-refractivity contribution in [3.8, 4) is 5.75 Å². The van der Waals surface area contributed by atoms with Crippen molar-refractivity contribution in [3.05, 3.63) is 64.2 Å². The minimum Gasteiger partial charge on any atom is -0.493 e. The van der Waals surface area contributed by atoms with Crippen molar-refractivity contribution in [3.63, 3.8) is 0 Å². The molecule has 0 saturated heterocycles. The zero-order chi connectivity index (χ0) is 23.5. The van der Waals surface area contributed by atoms with E-state index in [0.29, 0.717) is 38.1 Å². The van der Waals surface area contributed by atoms with Crippen molar-refractivity contribution in [2.24, 2.45) is 0 Å². The van der Waals surface area contributed by atoms with E-state index in [0.717, 1.165) is 34.4 Å². The van der Waals surface area contributed by atoms with Gasteiger partial charge in [-0.1, -0.05) is 24.3 Å². The Labute approximate surface area is 193 Å². The molecule has 0 saturated carbocycles. The number of nitrogens with one attached hydrogen (secondary N) is 1. The van der Waals surface area contributed by atoms with Gasteiger partial charge < -0.3 is 19.7 Å². The third-order valence-electron chi connectivity index (χ3n) is 6.23. The van der Waals surface area contributed by atoms with Crippen LogP contribution in [0.1, 0.15) is 59.3 Å². The first-order chi connectivity index (χ1) is 15.8. The number of nitrogens with zero attached hydrogens (tertiary/aromatic N) is 1. The highest BCUT2D eigenvalue weighted by Crippen LogP contribution is 2.28. The molecule has 0 aromatic heterocycles. The summed E-state index contributed by atoms with van der Waals surface area (Å²) in [5.41, 5.74) is 4.38. The van der Waals surface area contributed by atoms with E-state index in [1.165, 1.54) is 13.8 Å². The minimum atomic E-state index is -0.602. The number of rotatable bonds is 9. The lowest BCUT2D eigenvalue weighted by atomic mass is 10.0. The van der Waals surface area contributed by atoms with E-state index in [-0.39, 0.29) is 29.8 Å². The molecule has 7 nitrogen and oxygen atoms in total. The molecule has 1 unspecified atom stereocenters. The fourth-order valence-corrected chi connectivity index (χ4v) is 4.48. The molecule has 4 rings (SSSR count). The predicted molar refractivity (Wildman–Crippen MR) is 122 cm³/mol. The second-order valence-corrected chi connectivity index (χ2v) is 8.79. The maximum Gasteiger partial charge on any atom is 0.255 e. The Morgan fingerprint density at radius 3 is 2.58 bits per heavy atom. The highest BCUT2D eigenvalue weighted by Gasteiger charge is 2.34. The van der Waals surface area contributed by atoms with Gasteiger partial charge in [-0.05, 0) is 54.7 Å². The number of carbonyl (C=O) groups excluding carboxylic acids is 4. The molecule has 2 heterocycles. The van der Waals surface area contributed by atoms with Crippen LogP contribution < -0.4 is 10.1 Å². The molecule has 1 atom stereocenters. The van der Waals surface area contributed by atoms with E-state index in [9.17, 15) is 19.2 Å². The van der Waals surface area contributed by atoms with E-state index in [4.69, 9.17) is 4.74 Å². The molecule has 33 heavy (non-hydrogen) atoms. The molecule has 1 N–H and O–H groups in total. The zero-order valence-electron chi connectivity index (χ0n) is 19.0. The summed E-state index contributed by atoms with van der Waals surface area (Å²) in [4.78, 5) is 50.4. The molecule has 0 aliphatic carbocycles. The van der Waals surface area contributed by atoms with Crippen LogP contribution in [0.3, 0.4) is 0 Å². The number of fused-ring (bicyclic) bond motifs is 2. The lowest BCUT2D eigenvalue weighted by Crippen LogP contribution is -2.40. The Morgan fingerprint density at radius 2 is 1.82 bits per heavy atom. The zero-order valence-corrected chi connectivity index (χ0v) is 19.0. The van der Waals surface area contributed by atoms with Crippen LogP contribution in [-0.4, -0.2) is 40.9 Å². The van der Waals surface area contributed by atoms with Crippen molar-refractivity contribution < 1.29 is 23.9 Å². The van der Waals surface area contributed by atoms with Gasteiger partial charge in [0.05, 0.1) is 19.1 Å². The second kappa shape index (κ2) is 9.57. The smallest absolute Gasteiger partial charge is 0.255 e. The molecule has 2 aromatic rings. The highest BCUT2D eigenvalue weighted by molar-refractivity contribution is 6.01. The Morgan fingerprint density at radius 1 is 1.06 bits per heavy atom. The van der Waals surface area contributed by atoms with Crippen molar-refractivity contribution >= 4 is 23.4 Å². The van der Waals surface area contributed by atoms with Gasteiger partial charge in [0.25, 0.3) is 5.91 Å². The molecule has 2 aliphatic heterocycles. The molecular formula is C26H28N2O5. The van der Waals surface area contributed by atoms with Crippen LogP contribution in [0.2, 0.25) is 0 Å². The second-order valence-electron chi connectivity index (χ2n) is 8.79. The lowest BCUT2D eigenvalue weighted by molar-refractivity contribution is -0.122. The van der Waals surface area contributed by atoms with Crippen LogP contribution in [0.15, 0.2) is 36.4 Å². The first-order valence-corrected chi connectivity index (χ1v) is 11.3. The van der Waals surface area contributed by atoms with Crippen LogP contribution in [0.25, 0.3) is 0 Å². The van der Waals surface area contributed by atoms with Crippen molar-refractivity contribution in [1.82, 2.24) is 10.2 Å². The van der Waals surface area contributed by atoms with E-state index < -0.39 is 6.04 Å². The molecule has 0 spiro atoms. The number of benzene rings is 2. The van der Waals surface area contributed by atoms with Crippen LogP contribution in [-0.2, 0) is 40.3 Å². The van der Waals surface area contributed by atoms with E-state index in [1.54, 1.807) is 11.0 Å². The summed E-state index contributed by atoms with van der Waals surface area (Å²) < 4.78 is 5.51. The monoisotopic (exact) mass is 448 g/mol. The molecule has 7 heteroatoms. The molecule has 0 bridgehead atoms. The summed E-state index contributed by atoms with van der Waals surface area (Å²) >= 11 is 0. The Kier molecular flexibility index (Phi) is 6.58. The molecule has 2 aromatic carbocycles. The fraction of sp³-hybridized carbons (Fsp3) is 0.385. The lowest BCUT2D eigenvalue weighted by Gasteiger charge is -2.25. The Hall–Kier alpha value is -3.48. The summed E-state index contributed by atoms with van der Waals surface area (Å²) in [7, 11) is 0. The fourth-order valence-electron chi connectivity index (χ4n) is 4.48. The minimum absolute atomic E-state index is 0.00309. The number of hydrogen-bond donors (Lipinski definition) is 1. The molecule has 0 radical (unpaired) electrons. The maximum absolute atomic E-state index is 12.9. The SMILES string of the molecule is CC(=O)CCC(C(C)=O)N1Cc2cc(CNC(=O)Cc3ccc4c(c3)CCO4)ccc2C1=O. The van der Waals surface area contributed by atoms with Crippen LogP contribution >= 0.6 is 0 Å². The molecule has 0 fully saturated rings. The summed E-state index contributed by atoms with van der Waals surface area (Å²) in [6.07, 6.45) is 1.76. The van der Waals surface area contributed by atoms with Crippen molar-refractivity contribution in [2.45, 2.75) is 58.7 Å². The number of ether oxygens (including phenoxy) is 1. The standard InChI is InChI=1S/C26H28N2O5/c1-16(29)3-7-23(17(2)30)28-15-21-12-19(4-6-22(21)26(28)32)14-27-25(31)13-18-5-8-24-20(11-18)9-10-33-24/h4-6,8,11-12,23H,3,7,9-10,13-15H2,1-2H3,(H,27,31). The van der Waals surface area contributed by atoms with E-state index in [2.05, 4.69) is 5.32 Å². The summed E-state index contributed by atoms with van der Waals surface area (Å²) in [6.45, 7) is 4.31. The number of amides is 2. The first kappa shape index (κ1) is 22.7. The van der Waals surface area contributed by atoms with E-state index in [1.807, 2.05) is 30.3 Å². The van der Waals surface area contributed by atoms with Crippen molar-refractivity contribution in [1.29, 1.82) is 0 Å². The number of ketones is 2. The number of hydrogen-bond acceptors (Lipinski definition) is 5. The average Bonchev–Trinajstić information content (AvgIpc) is 3.36. The van der Waals surface area contributed by atoms with Gasteiger partial charge in [-0.25, -0.2) is 0 Å². The molecule has 2 aliphatic rings. The topological polar surface area (TPSA) is 92.8 Å². The Balaban J connectivity index is 1.37. The number of carbonyl (C=O) groups is 4. The van der Waals surface area contributed by atoms with Gasteiger partial charge in [0.1, 0.15) is 11.5 Å². The van der Waals surface area contributed by atoms with Gasteiger partial charge >= 0.3 is 0 Å². The Bertz CT molecular complexity index is 1120. The van der Waals surface area contributed by atoms with Crippen LogP contribution in [0.4, 0.5) is 0 Å². The number of Topliss-reactive ketones (excluding diaryl/α,β-unsaturated/α-hetero) is 2. The van der Waals surface area contributed by atoms with Crippen molar-refractivity contribution in [2.75, 3.05) is 6.61 Å². The average molecular weight is 449 g/mol. The molecule has 172 valence electrons. The third kappa shape index (κ3) is 5.13. The quantitative estimate of drug-likeness (QED) is 0.637. The van der Waals surface area contributed by atoms with E-state index >= 15 is 0 Å². The first-order valence-electron chi connectivity index (χ1n) is 11.3. The predicted octanol–water partition coefficient (Wildman–Crippen LogP) is 2.76. The molecule has 2 amide bonds. The summed E-state index contributed by atoms with van der Waals surface area (Å²) in [5.74, 6) is 0.506. The van der Waals surface area contributed by atoms with Crippen LogP contribution in [0.5, 0.6) is 5.75 Å². The van der Waals surface area contributed by atoms with Gasteiger partial charge in [0.2, 0.25) is 5.91 Å².